The van der Waals surface area contributed by atoms with Crippen LogP contribution in [0.2, 0.25) is 0 Å². The normalized spacial score (nSPS) is 12.6. The molecule has 0 saturated carbocycles. The molecular weight excluding hydrogens is 454 g/mol. The summed E-state index contributed by atoms with van der Waals surface area (Å²) in [5, 5.41) is 0. The van der Waals surface area contributed by atoms with Crippen molar-refractivity contribution in [2.45, 2.75) is 40.1 Å². The predicted molar refractivity (Wildman–Crippen MR) is 121 cm³/mol. The average Bonchev–Trinajstić information content (AvgIpc) is 2.76. The molecular formula is C24H24F2O4S2. The number of rotatable bonds is 7. The molecule has 3 aromatic carbocycles. The molecule has 0 aromatic heterocycles. The third-order valence-corrected chi connectivity index (χ3v) is 7.29. The Bertz CT molecular complexity index is 997. The molecule has 0 amide bonds. The molecule has 4 nitrogen and oxygen atoms in total. The molecule has 1 atom stereocenters. The van der Waals surface area contributed by atoms with Gasteiger partial charge in [-0.15, -0.1) is 0 Å². The van der Waals surface area contributed by atoms with E-state index in [4.69, 9.17) is 0 Å². The zero-order chi connectivity index (χ0) is 23.8. The fourth-order valence-corrected chi connectivity index (χ4v) is 4.79. The largest absolute Gasteiger partial charge is 0.746 e. The highest BCUT2D eigenvalue weighted by Crippen LogP contribution is 2.30. The SMILES string of the molecule is C=C(C)C(F)(F)OC(C)S(=O)(=O)[O-].c1ccc([S+](c2ccccc2)c2ccccc2)cc1. The van der Waals surface area contributed by atoms with Crippen molar-refractivity contribution in [3.63, 3.8) is 0 Å². The summed E-state index contributed by atoms with van der Waals surface area (Å²) in [7, 11) is -4.88. The van der Waals surface area contributed by atoms with E-state index in [-0.39, 0.29) is 10.9 Å². The van der Waals surface area contributed by atoms with Crippen LogP contribution in [-0.4, -0.2) is 24.5 Å². The van der Waals surface area contributed by atoms with Gasteiger partial charge in [-0.2, -0.15) is 8.78 Å². The van der Waals surface area contributed by atoms with Crippen LogP contribution >= 0.6 is 0 Å². The minimum atomic E-state index is -4.86. The molecule has 8 heteroatoms. The summed E-state index contributed by atoms with van der Waals surface area (Å²) >= 11 is 0. The molecule has 1 unspecified atom stereocenters. The van der Waals surface area contributed by atoms with Crippen molar-refractivity contribution in [2.24, 2.45) is 0 Å². The van der Waals surface area contributed by atoms with Gasteiger partial charge in [0.25, 0.3) is 0 Å². The zero-order valence-corrected chi connectivity index (χ0v) is 19.3. The zero-order valence-electron chi connectivity index (χ0n) is 17.7. The van der Waals surface area contributed by atoms with Gasteiger partial charge in [-0.1, -0.05) is 61.2 Å². The molecule has 3 aromatic rings. The van der Waals surface area contributed by atoms with E-state index < -0.39 is 27.2 Å². The molecule has 0 aliphatic carbocycles. The molecule has 0 fully saturated rings. The second-order valence-electron chi connectivity index (χ2n) is 6.72. The average molecular weight is 479 g/mol. The number of hydrogen-bond acceptors (Lipinski definition) is 4. The quantitative estimate of drug-likeness (QED) is 0.243. The molecule has 0 aliphatic rings. The highest BCUT2D eigenvalue weighted by molar-refractivity contribution is 7.97. The summed E-state index contributed by atoms with van der Waals surface area (Å²) in [6, 6.07) is 32.2. The fraction of sp³-hybridized carbons (Fsp3) is 0.167. The van der Waals surface area contributed by atoms with E-state index in [1.54, 1.807) is 0 Å². The Morgan fingerprint density at radius 2 is 1.19 bits per heavy atom. The van der Waals surface area contributed by atoms with Crippen LogP contribution < -0.4 is 0 Å². The first-order valence-electron chi connectivity index (χ1n) is 9.58. The summed E-state index contributed by atoms with van der Waals surface area (Å²) in [4.78, 5) is 4.08. The van der Waals surface area contributed by atoms with Gasteiger partial charge in [-0.3, -0.25) is 4.74 Å². The van der Waals surface area contributed by atoms with E-state index in [1.807, 2.05) is 0 Å². The number of halogens is 2. The van der Waals surface area contributed by atoms with Gasteiger partial charge in [0.1, 0.15) is 10.1 Å². The van der Waals surface area contributed by atoms with Gasteiger partial charge in [-0.05, 0) is 50.2 Å². The lowest BCUT2D eigenvalue weighted by molar-refractivity contribution is -0.216. The van der Waals surface area contributed by atoms with Crippen molar-refractivity contribution in [3.8, 4) is 0 Å². The van der Waals surface area contributed by atoms with Crippen LogP contribution in [0, 0.1) is 0 Å². The van der Waals surface area contributed by atoms with E-state index in [1.165, 1.54) is 14.7 Å². The van der Waals surface area contributed by atoms with Gasteiger partial charge in [0.15, 0.2) is 20.1 Å². The second kappa shape index (κ2) is 11.4. The van der Waals surface area contributed by atoms with E-state index >= 15 is 0 Å². The summed E-state index contributed by atoms with van der Waals surface area (Å²) < 4.78 is 59.5. The van der Waals surface area contributed by atoms with E-state index in [0.29, 0.717) is 0 Å². The van der Waals surface area contributed by atoms with Crippen LogP contribution in [0.25, 0.3) is 0 Å². The van der Waals surface area contributed by atoms with Crippen LogP contribution in [0.5, 0.6) is 0 Å². The highest BCUT2D eigenvalue weighted by atomic mass is 32.2. The monoisotopic (exact) mass is 478 g/mol. The molecule has 3 rings (SSSR count). The molecule has 0 aliphatic heterocycles. The van der Waals surface area contributed by atoms with E-state index in [9.17, 15) is 21.8 Å². The van der Waals surface area contributed by atoms with Gasteiger partial charge >= 0.3 is 6.11 Å². The third kappa shape index (κ3) is 7.56. The Morgan fingerprint density at radius 1 is 0.875 bits per heavy atom. The van der Waals surface area contributed by atoms with Crippen molar-refractivity contribution in [1.29, 1.82) is 0 Å². The maximum atomic E-state index is 12.6. The van der Waals surface area contributed by atoms with Gasteiger partial charge < -0.3 is 4.55 Å². The lowest BCUT2D eigenvalue weighted by Crippen LogP contribution is -2.32. The van der Waals surface area contributed by atoms with Gasteiger partial charge in [-0.25, -0.2) is 8.42 Å². The van der Waals surface area contributed by atoms with Gasteiger partial charge in [0.2, 0.25) is 0 Å². The molecule has 32 heavy (non-hydrogen) atoms. The van der Waals surface area contributed by atoms with Crippen LogP contribution in [0.4, 0.5) is 8.78 Å². The number of alkyl halides is 2. The van der Waals surface area contributed by atoms with Gasteiger partial charge in [0, 0.05) is 5.57 Å². The summed E-state index contributed by atoms with van der Waals surface area (Å²) in [6.07, 6.45) is -3.79. The van der Waals surface area contributed by atoms with Crippen molar-refractivity contribution < 1.29 is 26.5 Å². The van der Waals surface area contributed by atoms with Crippen molar-refractivity contribution >= 4 is 21.0 Å². The number of hydrogen-bond donors (Lipinski definition) is 0. The summed E-state index contributed by atoms with van der Waals surface area (Å²) in [5.74, 6) is 0. The fourth-order valence-electron chi connectivity index (χ4n) is 2.45. The molecule has 0 heterocycles. The molecule has 0 bridgehead atoms. The minimum Gasteiger partial charge on any atom is -0.746 e. The molecule has 0 spiro atoms. The Morgan fingerprint density at radius 3 is 1.44 bits per heavy atom. The maximum absolute atomic E-state index is 12.6. The first kappa shape index (κ1) is 25.7. The topological polar surface area (TPSA) is 66.4 Å². The maximum Gasteiger partial charge on any atom is 0.379 e. The lowest BCUT2D eigenvalue weighted by Gasteiger charge is -2.23. The molecule has 170 valence electrons. The van der Waals surface area contributed by atoms with Crippen molar-refractivity contribution in [1.82, 2.24) is 0 Å². The summed E-state index contributed by atoms with van der Waals surface area (Å²) in [5.41, 5.74) is -2.76. The molecule has 0 radical (unpaired) electrons. The number of ether oxygens (including phenoxy) is 1. The highest BCUT2D eigenvalue weighted by Gasteiger charge is 2.35. The molecule has 0 N–H and O–H groups in total. The van der Waals surface area contributed by atoms with Crippen molar-refractivity contribution in [2.75, 3.05) is 0 Å². The standard InChI is InChI=1S/C18H15S.C6H10F2O4S/c1-4-10-16(11-5-1)19(17-12-6-2-7-13-17)18-14-8-3-9-15-18;1-4(2)6(7,8)12-5(3)13(9,10)11/h1-15H;5H,1H2,2-3H3,(H,9,10,11)/q+1;/p-1. The Kier molecular flexibility index (Phi) is 9.15. The first-order valence-corrected chi connectivity index (χ1v) is 12.3. The Hall–Kier alpha value is -2.52. The van der Waals surface area contributed by atoms with Crippen LogP contribution in [0.1, 0.15) is 13.8 Å². The van der Waals surface area contributed by atoms with E-state index in [2.05, 4.69) is 102 Å². The van der Waals surface area contributed by atoms with Crippen LogP contribution in [0.3, 0.4) is 0 Å². The Labute approximate surface area is 190 Å². The predicted octanol–water partition coefficient (Wildman–Crippen LogP) is 5.85. The molecule has 0 saturated heterocycles. The first-order chi connectivity index (χ1) is 15.0. The van der Waals surface area contributed by atoms with Crippen LogP contribution in [0.15, 0.2) is 118 Å². The van der Waals surface area contributed by atoms with Gasteiger partial charge in [0.05, 0.1) is 10.9 Å². The Balaban J connectivity index is 0.000000247. The minimum absolute atomic E-state index is 0.0146. The lowest BCUT2D eigenvalue weighted by atomic mass is 10.3. The van der Waals surface area contributed by atoms with E-state index in [0.717, 1.165) is 13.8 Å². The summed E-state index contributed by atoms with van der Waals surface area (Å²) in [6.45, 7) is 4.59. The van der Waals surface area contributed by atoms with Crippen LogP contribution in [-0.2, 0) is 25.7 Å². The smallest absolute Gasteiger partial charge is 0.379 e. The van der Waals surface area contributed by atoms with Crippen molar-refractivity contribution in [3.05, 3.63) is 103 Å². The second-order valence-corrected chi connectivity index (χ2v) is 10.4. The third-order valence-electron chi connectivity index (χ3n) is 4.15. The number of benzene rings is 3.